The lowest BCUT2D eigenvalue weighted by molar-refractivity contribution is 0.0973. The minimum atomic E-state index is -0.603. The molecular formula is C25H30N6O3. The Morgan fingerprint density at radius 1 is 1.15 bits per heavy atom. The number of ether oxygens (including phenoxy) is 1. The van der Waals surface area contributed by atoms with Crippen LogP contribution < -0.4 is 20.3 Å². The van der Waals surface area contributed by atoms with Crippen molar-refractivity contribution >= 4 is 23.1 Å². The first-order valence-electron chi connectivity index (χ1n) is 11.2. The normalized spacial score (nSPS) is 14.2. The highest BCUT2D eigenvalue weighted by Crippen LogP contribution is 2.30. The molecule has 1 aromatic heterocycles. The maximum absolute atomic E-state index is 13.7. The van der Waals surface area contributed by atoms with E-state index in [9.17, 15) is 9.90 Å². The Morgan fingerprint density at radius 2 is 1.76 bits per heavy atom. The fraction of sp³-hybridized carbons (Fsp3) is 0.320. The van der Waals surface area contributed by atoms with E-state index in [2.05, 4.69) is 5.10 Å². The van der Waals surface area contributed by atoms with Crippen molar-refractivity contribution in [2.75, 3.05) is 30.5 Å². The van der Waals surface area contributed by atoms with Crippen LogP contribution in [0.15, 0.2) is 48.5 Å². The first-order valence-corrected chi connectivity index (χ1v) is 11.2. The Bertz CT molecular complexity index is 1200. The molecule has 0 saturated carbocycles. The number of rotatable bonds is 7. The second-order valence-electron chi connectivity index (χ2n) is 8.69. The maximum Gasteiger partial charge on any atom is 0.277 e. The van der Waals surface area contributed by atoms with E-state index in [0.29, 0.717) is 41.4 Å². The molecule has 0 aliphatic carbocycles. The quantitative estimate of drug-likeness (QED) is 0.282. The Morgan fingerprint density at radius 3 is 2.32 bits per heavy atom. The van der Waals surface area contributed by atoms with Crippen molar-refractivity contribution in [3.63, 3.8) is 0 Å². The molecule has 1 atom stereocenters. The van der Waals surface area contributed by atoms with Gasteiger partial charge in [-0.05, 0) is 60.9 Å². The number of aromatic nitrogens is 2. The summed E-state index contributed by atoms with van der Waals surface area (Å²) in [6.45, 7) is 4.37. The van der Waals surface area contributed by atoms with E-state index >= 15 is 0 Å². The van der Waals surface area contributed by atoms with Crippen LogP contribution in [0.1, 0.15) is 35.6 Å². The van der Waals surface area contributed by atoms with Crippen LogP contribution >= 0.6 is 0 Å². The van der Waals surface area contributed by atoms with Gasteiger partial charge in [0, 0.05) is 30.5 Å². The van der Waals surface area contributed by atoms with E-state index in [1.165, 1.54) is 0 Å². The smallest absolute Gasteiger partial charge is 0.277 e. The zero-order valence-corrected chi connectivity index (χ0v) is 19.8. The second kappa shape index (κ2) is 9.18. The van der Waals surface area contributed by atoms with Crippen LogP contribution in [0, 0.1) is 11.3 Å². The van der Waals surface area contributed by atoms with Gasteiger partial charge in [0.05, 0.1) is 12.8 Å². The second-order valence-corrected chi connectivity index (χ2v) is 8.69. The van der Waals surface area contributed by atoms with Gasteiger partial charge in [0.2, 0.25) is 0 Å². The highest BCUT2D eigenvalue weighted by molar-refractivity contribution is 6.09. The summed E-state index contributed by atoms with van der Waals surface area (Å²) in [6.07, 6.45) is -0.0753. The van der Waals surface area contributed by atoms with E-state index in [0.717, 1.165) is 11.4 Å². The monoisotopic (exact) mass is 462 g/mol. The average Bonchev–Trinajstić information content (AvgIpc) is 3.24. The minimum absolute atomic E-state index is 0.0838. The van der Waals surface area contributed by atoms with Gasteiger partial charge >= 0.3 is 0 Å². The van der Waals surface area contributed by atoms with Crippen LogP contribution in [0.2, 0.25) is 0 Å². The molecule has 1 aliphatic heterocycles. The van der Waals surface area contributed by atoms with Crippen LogP contribution in [0.5, 0.6) is 5.75 Å². The Kier molecular flexibility index (Phi) is 6.30. The number of fused-ring (bicyclic) bond motifs is 1. The summed E-state index contributed by atoms with van der Waals surface area (Å²) in [6, 6.07) is 14.8. The Hall–Kier alpha value is -3.85. The molecule has 0 saturated heterocycles. The number of aliphatic hydroxyl groups is 1. The summed E-state index contributed by atoms with van der Waals surface area (Å²) in [5.74, 6) is 0.402. The first-order chi connectivity index (χ1) is 16.2. The van der Waals surface area contributed by atoms with E-state index in [1.54, 1.807) is 28.8 Å². The standard InChI is InChI=1S/C25H30N6O3/c1-15(2)24(32)29(3)16-5-7-17(8-6-16)30-14-13-20-21(23(26)27)28-31(22(20)25(30)33)18-9-11-19(34-4)12-10-18/h5-12,15,24,32H,13-14H2,1-4H3,(H3,26,27). The third-order valence-corrected chi connectivity index (χ3v) is 6.15. The predicted octanol–water partition coefficient (Wildman–Crippen LogP) is 2.78. The van der Waals surface area contributed by atoms with Gasteiger partial charge in [0.15, 0.2) is 0 Å². The van der Waals surface area contributed by atoms with Crippen molar-refractivity contribution in [3.8, 4) is 11.4 Å². The number of carbonyl (C=O) groups is 1. The molecule has 4 N–H and O–H groups in total. The van der Waals surface area contributed by atoms with Gasteiger partial charge in [-0.2, -0.15) is 5.10 Å². The van der Waals surface area contributed by atoms with Gasteiger partial charge in [0.25, 0.3) is 5.91 Å². The number of anilines is 2. The molecule has 2 aromatic carbocycles. The van der Waals surface area contributed by atoms with E-state index in [1.807, 2.05) is 62.2 Å². The summed E-state index contributed by atoms with van der Waals surface area (Å²) in [5, 5.41) is 22.8. The number of nitrogens with two attached hydrogens (primary N) is 1. The van der Waals surface area contributed by atoms with Gasteiger partial charge in [-0.25, -0.2) is 4.68 Å². The molecule has 4 rings (SSSR count). The fourth-order valence-electron chi connectivity index (χ4n) is 4.20. The number of aliphatic hydroxyl groups excluding tert-OH is 1. The zero-order chi connectivity index (χ0) is 24.6. The number of nitrogen functional groups attached to an aromatic ring is 1. The summed E-state index contributed by atoms with van der Waals surface area (Å²) in [5.41, 5.74) is 9.50. The molecule has 0 radical (unpaired) electrons. The minimum Gasteiger partial charge on any atom is -0.497 e. The molecule has 1 amide bonds. The number of hydrogen-bond donors (Lipinski definition) is 3. The Balaban J connectivity index is 1.69. The SMILES string of the molecule is COc1ccc(-n2nc(C(=N)N)c3c2C(=O)N(c2ccc(N(C)C(O)C(C)C)cc2)CC3)cc1. The topological polar surface area (TPSA) is 121 Å². The van der Waals surface area contributed by atoms with Crippen LogP contribution in [0.3, 0.4) is 0 Å². The molecule has 0 fully saturated rings. The van der Waals surface area contributed by atoms with Crippen molar-refractivity contribution in [1.29, 1.82) is 5.41 Å². The van der Waals surface area contributed by atoms with Crippen molar-refractivity contribution in [2.45, 2.75) is 26.5 Å². The molecule has 9 nitrogen and oxygen atoms in total. The first kappa shape index (κ1) is 23.3. The number of hydrogen-bond acceptors (Lipinski definition) is 6. The lowest BCUT2D eigenvalue weighted by Gasteiger charge is -2.30. The van der Waals surface area contributed by atoms with Gasteiger partial charge < -0.3 is 25.4 Å². The van der Waals surface area contributed by atoms with Crippen LogP contribution in [-0.4, -0.2) is 53.6 Å². The summed E-state index contributed by atoms with van der Waals surface area (Å²) in [4.78, 5) is 17.2. The van der Waals surface area contributed by atoms with E-state index < -0.39 is 6.23 Å². The van der Waals surface area contributed by atoms with Crippen LogP contribution in [-0.2, 0) is 6.42 Å². The van der Waals surface area contributed by atoms with Crippen molar-refractivity contribution in [3.05, 3.63) is 65.5 Å². The molecular weight excluding hydrogens is 432 g/mol. The molecule has 2 heterocycles. The number of carbonyl (C=O) groups excluding carboxylic acids is 1. The van der Waals surface area contributed by atoms with Crippen molar-refractivity contribution < 1.29 is 14.6 Å². The third kappa shape index (κ3) is 4.10. The van der Waals surface area contributed by atoms with Crippen molar-refractivity contribution in [1.82, 2.24) is 9.78 Å². The number of nitrogens with one attached hydrogen (secondary N) is 1. The summed E-state index contributed by atoms with van der Waals surface area (Å²) < 4.78 is 6.79. The highest BCUT2D eigenvalue weighted by Gasteiger charge is 2.34. The number of amidine groups is 1. The van der Waals surface area contributed by atoms with E-state index in [-0.39, 0.29) is 17.7 Å². The lowest BCUT2D eigenvalue weighted by Crippen LogP contribution is -2.39. The molecule has 1 aliphatic rings. The molecule has 0 bridgehead atoms. The predicted molar refractivity (Wildman–Crippen MR) is 132 cm³/mol. The largest absolute Gasteiger partial charge is 0.497 e. The van der Waals surface area contributed by atoms with Crippen molar-refractivity contribution in [2.24, 2.45) is 11.7 Å². The number of amides is 1. The average molecular weight is 463 g/mol. The molecule has 3 aromatic rings. The van der Waals surface area contributed by atoms with Gasteiger partial charge in [-0.1, -0.05) is 13.8 Å². The summed E-state index contributed by atoms with van der Waals surface area (Å²) >= 11 is 0. The fourth-order valence-corrected chi connectivity index (χ4v) is 4.20. The van der Waals surface area contributed by atoms with Gasteiger partial charge in [-0.3, -0.25) is 10.2 Å². The molecule has 1 unspecified atom stereocenters. The molecule has 34 heavy (non-hydrogen) atoms. The molecule has 9 heteroatoms. The Labute approximate surface area is 198 Å². The molecule has 0 spiro atoms. The third-order valence-electron chi connectivity index (χ3n) is 6.15. The number of benzene rings is 2. The lowest BCUT2D eigenvalue weighted by atomic mass is 10.0. The van der Waals surface area contributed by atoms with Crippen LogP contribution in [0.4, 0.5) is 11.4 Å². The number of nitrogens with zero attached hydrogens (tertiary/aromatic N) is 4. The maximum atomic E-state index is 13.7. The van der Waals surface area contributed by atoms with E-state index in [4.69, 9.17) is 15.9 Å². The number of methoxy groups -OCH3 is 1. The zero-order valence-electron chi connectivity index (χ0n) is 19.8. The summed E-state index contributed by atoms with van der Waals surface area (Å²) in [7, 11) is 3.43. The highest BCUT2D eigenvalue weighted by atomic mass is 16.5. The van der Waals surface area contributed by atoms with Gasteiger partial charge in [-0.15, -0.1) is 0 Å². The van der Waals surface area contributed by atoms with Crippen LogP contribution in [0.25, 0.3) is 5.69 Å². The van der Waals surface area contributed by atoms with Gasteiger partial charge in [0.1, 0.15) is 29.2 Å². The molecule has 178 valence electrons.